The Balaban J connectivity index is 2.02. The molecule has 1 aromatic heterocycles. The van der Waals surface area contributed by atoms with E-state index in [4.69, 9.17) is 4.74 Å². The lowest BCUT2D eigenvalue weighted by molar-refractivity contribution is -0.311. The van der Waals surface area contributed by atoms with E-state index in [0.29, 0.717) is 38.0 Å². The van der Waals surface area contributed by atoms with Crippen LogP contribution in [-0.4, -0.2) is 39.6 Å². The molecule has 0 fully saturated rings. The van der Waals surface area contributed by atoms with Crippen LogP contribution >= 0.6 is 0 Å². The maximum absolute atomic E-state index is 13.0. The highest BCUT2D eigenvalue weighted by atomic mass is 19.4. The Labute approximate surface area is 232 Å². The number of halogens is 3. The molecule has 0 aliphatic heterocycles. The molecule has 9 nitrogen and oxygen atoms in total. The van der Waals surface area contributed by atoms with Crippen molar-refractivity contribution in [3.05, 3.63) is 50.7 Å². The zero-order valence-corrected chi connectivity index (χ0v) is 23.3. The number of nitrogens with zero attached hydrogens (tertiary/aromatic N) is 3. The van der Waals surface area contributed by atoms with Gasteiger partial charge in [0.25, 0.3) is 5.56 Å². The standard InChI is InChI=1S/C28H41F3N4O5/c1-3-4-5-6-11-18-34-25(36)24(33-35(27(34)39)19-12-16-28(29,30)31)32-17-10-9-14-22-13-7-8-15-23(22)40-20-21(2)26(37)38/h7-8,13,15,21H,3-6,9-12,14,16-20H2,1-2H3,(H,32,33)(H,37,38)/p-1. The Kier molecular flexibility index (Phi) is 13.7. The van der Waals surface area contributed by atoms with Crippen LogP contribution in [0.4, 0.5) is 19.0 Å². The lowest BCUT2D eigenvalue weighted by atomic mass is 10.1. The summed E-state index contributed by atoms with van der Waals surface area (Å²) in [4.78, 5) is 36.7. The minimum absolute atomic E-state index is 0.00384. The quantitative estimate of drug-likeness (QED) is 0.255. The normalized spacial score (nSPS) is 12.3. The van der Waals surface area contributed by atoms with E-state index in [0.717, 1.165) is 40.5 Å². The lowest BCUT2D eigenvalue weighted by Crippen LogP contribution is -2.43. The van der Waals surface area contributed by atoms with Gasteiger partial charge in [-0.2, -0.15) is 13.2 Å². The van der Waals surface area contributed by atoms with Crippen LogP contribution in [0.15, 0.2) is 33.9 Å². The number of para-hydroxylation sites is 1. The molecule has 2 aromatic rings. The first-order valence-corrected chi connectivity index (χ1v) is 14.0. The van der Waals surface area contributed by atoms with Crippen molar-refractivity contribution in [1.82, 2.24) is 14.3 Å². The summed E-state index contributed by atoms with van der Waals surface area (Å²) >= 11 is 0. The van der Waals surface area contributed by atoms with Crippen molar-refractivity contribution in [1.29, 1.82) is 0 Å². The number of alkyl halides is 3. The lowest BCUT2D eigenvalue weighted by Gasteiger charge is -2.16. The zero-order chi connectivity index (χ0) is 29.5. The number of carboxylic acids is 1. The second-order valence-corrected chi connectivity index (χ2v) is 9.97. The number of nitrogens with one attached hydrogen (secondary N) is 1. The molecule has 0 saturated heterocycles. The number of rotatable bonds is 19. The van der Waals surface area contributed by atoms with E-state index < -0.39 is 35.7 Å². The van der Waals surface area contributed by atoms with E-state index >= 15 is 0 Å². The number of aryl methyl sites for hydroxylation is 2. The summed E-state index contributed by atoms with van der Waals surface area (Å²) in [5.41, 5.74) is -0.360. The first kappa shape index (κ1) is 32.9. The highest BCUT2D eigenvalue weighted by molar-refractivity contribution is 5.67. The van der Waals surface area contributed by atoms with Crippen LogP contribution < -0.4 is 26.4 Å². The molecular weight excluding hydrogens is 529 g/mol. The van der Waals surface area contributed by atoms with Crippen LogP contribution in [0, 0.1) is 5.92 Å². The Bertz CT molecular complexity index is 1180. The number of carboxylic acid groups (broad SMARTS) is 1. The summed E-state index contributed by atoms with van der Waals surface area (Å²) in [6, 6.07) is 7.32. The molecule has 0 aliphatic rings. The second kappa shape index (κ2) is 16.7. The number of aromatic nitrogens is 3. The third-order valence-electron chi connectivity index (χ3n) is 6.46. The average molecular weight is 570 g/mol. The summed E-state index contributed by atoms with van der Waals surface area (Å²) < 4.78 is 45.6. The van der Waals surface area contributed by atoms with Gasteiger partial charge in [0, 0.05) is 37.9 Å². The van der Waals surface area contributed by atoms with Crippen molar-refractivity contribution in [3.8, 4) is 5.75 Å². The molecule has 0 saturated carbocycles. The number of unbranched alkanes of at least 4 members (excludes halogenated alkanes) is 5. The van der Waals surface area contributed by atoms with Gasteiger partial charge in [-0.3, -0.25) is 9.36 Å². The molecule has 1 atom stereocenters. The van der Waals surface area contributed by atoms with Crippen molar-refractivity contribution in [2.75, 3.05) is 18.5 Å². The minimum Gasteiger partial charge on any atom is -0.550 e. The maximum atomic E-state index is 13.0. The zero-order valence-electron chi connectivity index (χ0n) is 23.3. The highest BCUT2D eigenvalue weighted by Gasteiger charge is 2.26. The van der Waals surface area contributed by atoms with Gasteiger partial charge in [0.1, 0.15) is 5.75 Å². The van der Waals surface area contributed by atoms with Crippen molar-refractivity contribution in [2.24, 2.45) is 5.92 Å². The molecule has 12 heteroatoms. The molecule has 1 aromatic carbocycles. The number of carbonyl (C=O) groups excluding carboxylic acids is 1. The van der Waals surface area contributed by atoms with E-state index in [-0.39, 0.29) is 31.9 Å². The molecular formula is C28H40F3N4O5-. The monoisotopic (exact) mass is 569 g/mol. The van der Waals surface area contributed by atoms with Crippen LogP contribution in [0.2, 0.25) is 0 Å². The Morgan fingerprint density at radius 2 is 1.77 bits per heavy atom. The Morgan fingerprint density at radius 1 is 1.05 bits per heavy atom. The van der Waals surface area contributed by atoms with E-state index in [1.165, 1.54) is 6.92 Å². The SMILES string of the molecule is CCCCCCCn1c(=O)c(NCCCCc2ccccc2OCC(C)C(=O)[O-])nn(CCCC(F)(F)F)c1=O. The van der Waals surface area contributed by atoms with Crippen molar-refractivity contribution < 1.29 is 27.8 Å². The molecule has 40 heavy (non-hydrogen) atoms. The third-order valence-corrected chi connectivity index (χ3v) is 6.46. The number of hydrogen-bond acceptors (Lipinski definition) is 7. The Morgan fingerprint density at radius 3 is 2.48 bits per heavy atom. The van der Waals surface area contributed by atoms with E-state index in [1.807, 2.05) is 12.1 Å². The summed E-state index contributed by atoms with van der Waals surface area (Å²) in [6.45, 7) is 3.90. The first-order chi connectivity index (χ1) is 19.0. The summed E-state index contributed by atoms with van der Waals surface area (Å²) in [6.07, 6.45) is 0.828. The largest absolute Gasteiger partial charge is 0.550 e. The van der Waals surface area contributed by atoms with E-state index in [1.54, 1.807) is 12.1 Å². The van der Waals surface area contributed by atoms with Crippen molar-refractivity contribution >= 4 is 11.8 Å². The van der Waals surface area contributed by atoms with Gasteiger partial charge in [0.05, 0.1) is 6.61 Å². The van der Waals surface area contributed by atoms with Gasteiger partial charge >= 0.3 is 11.9 Å². The van der Waals surface area contributed by atoms with Gasteiger partial charge in [0.2, 0.25) is 5.82 Å². The van der Waals surface area contributed by atoms with Crippen molar-refractivity contribution in [3.63, 3.8) is 0 Å². The molecule has 1 heterocycles. The summed E-state index contributed by atoms with van der Waals surface area (Å²) in [7, 11) is 0. The number of ether oxygens (including phenoxy) is 1. The maximum Gasteiger partial charge on any atom is 0.389 e. The smallest absolute Gasteiger partial charge is 0.389 e. The Hall–Kier alpha value is -3.31. The van der Waals surface area contributed by atoms with Crippen LogP contribution in [0.5, 0.6) is 5.75 Å². The van der Waals surface area contributed by atoms with Crippen molar-refractivity contribution in [2.45, 2.75) is 97.3 Å². The number of benzene rings is 1. The van der Waals surface area contributed by atoms with Crippen LogP contribution in [0.3, 0.4) is 0 Å². The molecule has 2 rings (SSSR count). The summed E-state index contributed by atoms with van der Waals surface area (Å²) in [5, 5.41) is 18.0. The van der Waals surface area contributed by atoms with Gasteiger partial charge in [-0.25, -0.2) is 9.48 Å². The molecule has 0 aliphatic carbocycles. The number of carbonyl (C=O) groups is 1. The topological polar surface area (TPSA) is 118 Å². The molecule has 0 amide bonds. The summed E-state index contributed by atoms with van der Waals surface area (Å²) in [5.74, 6) is -1.39. The number of anilines is 1. The van der Waals surface area contributed by atoms with Gasteiger partial charge in [0.15, 0.2) is 0 Å². The van der Waals surface area contributed by atoms with Gasteiger partial charge in [-0.15, -0.1) is 5.10 Å². The first-order valence-electron chi connectivity index (χ1n) is 14.0. The number of hydrogen-bond donors (Lipinski definition) is 1. The predicted octanol–water partition coefficient (Wildman–Crippen LogP) is 3.92. The molecule has 1 unspecified atom stereocenters. The predicted molar refractivity (Wildman–Crippen MR) is 144 cm³/mol. The third kappa shape index (κ3) is 11.4. The fourth-order valence-electron chi connectivity index (χ4n) is 4.10. The molecule has 1 N–H and O–H groups in total. The van der Waals surface area contributed by atoms with Gasteiger partial charge < -0.3 is 20.0 Å². The van der Waals surface area contributed by atoms with Gasteiger partial charge in [-0.05, 0) is 43.7 Å². The molecule has 0 radical (unpaired) electrons. The number of aliphatic carboxylic acids is 1. The fourth-order valence-corrected chi connectivity index (χ4v) is 4.10. The van der Waals surface area contributed by atoms with E-state index in [2.05, 4.69) is 17.3 Å². The van der Waals surface area contributed by atoms with Crippen LogP contribution in [0.1, 0.15) is 77.2 Å². The highest BCUT2D eigenvalue weighted by Crippen LogP contribution is 2.22. The minimum atomic E-state index is -4.34. The molecule has 0 spiro atoms. The van der Waals surface area contributed by atoms with Crippen LogP contribution in [0.25, 0.3) is 0 Å². The fraction of sp³-hybridized carbons (Fsp3) is 0.643. The second-order valence-electron chi connectivity index (χ2n) is 9.97. The van der Waals surface area contributed by atoms with Crippen LogP contribution in [-0.2, 0) is 24.3 Å². The van der Waals surface area contributed by atoms with E-state index in [9.17, 15) is 32.7 Å². The average Bonchev–Trinajstić information content (AvgIpc) is 2.90. The van der Waals surface area contributed by atoms with Gasteiger partial charge in [-0.1, -0.05) is 57.7 Å². The molecule has 224 valence electrons. The molecule has 0 bridgehead atoms.